The number of benzene rings is 1. The van der Waals surface area contributed by atoms with E-state index in [4.69, 9.17) is 9.47 Å². The first kappa shape index (κ1) is 14.4. The number of rotatable bonds is 4. The Kier molecular flexibility index (Phi) is 4.77. The monoisotopic (exact) mass is 306 g/mol. The van der Waals surface area contributed by atoms with Crippen molar-refractivity contribution in [3.8, 4) is 5.75 Å². The van der Waals surface area contributed by atoms with E-state index in [1.807, 2.05) is 12.1 Å². The fourth-order valence-corrected chi connectivity index (χ4v) is 2.97. The zero-order chi connectivity index (χ0) is 14.5. The van der Waals surface area contributed by atoms with Gasteiger partial charge in [0.25, 0.3) is 5.91 Å². The molecule has 0 aromatic heterocycles. The summed E-state index contributed by atoms with van der Waals surface area (Å²) in [6.45, 7) is 2.17. The molecule has 0 unspecified atom stereocenters. The Bertz CT molecular complexity index is 524. The number of amides is 1. The van der Waals surface area contributed by atoms with Crippen LogP contribution in [-0.2, 0) is 4.74 Å². The van der Waals surface area contributed by atoms with Crippen LogP contribution in [0.5, 0.6) is 5.75 Å². The van der Waals surface area contributed by atoms with E-state index in [0.29, 0.717) is 17.3 Å². The second-order valence-electron chi connectivity index (χ2n) is 4.96. The van der Waals surface area contributed by atoms with Crippen LogP contribution in [0.15, 0.2) is 29.3 Å². The van der Waals surface area contributed by atoms with Crippen LogP contribution in [0, 0.1) is 0 Å². The number of nitrogens with zero attached hydrogens (tertiary/aromatic N) is 1. The predicted octanol–water partition coefficient (Wildman–Crippen LogP) is 2.08. The third-order valence-corrected chi connectivity index (χ3v) is 4.27. The number of amidine groups is 1. The Hall–Kier alpha value is -1.53. The van der Waals surface area contributed by atoms with Gasteiger partial charge in [-0.25, -0.2) is 0 Å². The lowest BCUT2D eigenvalue weighted by molar-refractivity contribution is 0.0679. The molecule has 1 amide bonds. The Morgan fingerprint density at radius 2 is 2.29 bits per heavy atom. The zero-order valence-corrected chi connectivity index (χ0v) is 12.5. The van der Waals surface area contributed by atoms with Crippen molar-refractivity contribution in [2.24, 2.45) is 4.99 Å². The number of aliphatic imine (C=N–C) groups is 1. The summed E-state index contributed by atoms with van der Waals surface area (Å²) in [6.07, 6.45) is 2.36. The second kappa shape index (κ2) is 6.95. The Morgan fingerprint density at radius 1 is 1.43 bits per heavy atom. The highest BCUT2D eigenvalue weighted by Gasteiger charge is 2.16. The Labute approximate surface area is 128 Å². The molecule has 2 heterocycles. The Balaban J connectivity index is 1.51. The van der Waals surface area contributed by atoms with Gasteiger partial charge in [-0.1, -0.05) is 11.8 Å². The molecule has 2 aliphatic rings. The fourth-order valence-electron chi connectivity index (χ4n) is 2.25. The van der Waals surface area contributed by atoms with Crippen LogP contribution in [0.25, 0.3) is 0 Å². The van der Waals surface area contributed by atoms with Gasteiger partial charge in [0.2, 0.25) is 0 Å². The molecule has 21 heavy (non-hydrogen) atoms. The minimum absolute atomic E-state index is 0.131. The van der Waals surface area contributed by atoms with E-state index in [-0.39, 0.29) is 12.0 Å². The van der Waals surface area contributed by atoms with E-state index < -0.39 is 0 Å². The summed E-state index contributed by atoms with van der Waals surface area (Å²) < 4.78 is 11.2. The molecule has 1 N–H and O–H groups in total. The lowest BCUT2D eigenvalue weighted by Crippen LogP contribution is -2.27. The van der Waals surface area contributed by atoms with Gasteiger partial charge in [-0.15, -0.1) is 0 Å². The molecule has 0 bridgehead atoms. The highest BCUT2D eigenvalue weighted by molar-refractivity contribution is 8.14. The van der Waals surface area contributed by atoms with Crippen LogP contribution in [0.1, 0.15) is 23.2 Å². The summed E-state index contributed by atoms with van der Waals surface area (Å²) in [5.41, 5.74) is 0.606. The van der Waals surface area contributed by atoms with Crippen molar-refractivity contribution in [2.75, 3.05) is 25.5 Å². The molecule has 1 aromatic carbocycles. The van der Waals surface area contributed by atoms with Crippen LogP contribution in [0.3, 0.4) is 0 Å². The maximum atomic E-state index is 12.0. The molecule has 3 rings (SSSR count). The van der Waals surface area contributed by atoms with Crippen LogP contribution in [0.2, 0.25) is 0 Å². The molecule has 112 valence electrons. The first-order valence-electron chi connectivity index (χ1n) is 7.14. The molecule has 0 spiro atoms. The number of ether oxygens (including phenoxy) is 2. The van der Waals surface area contributed by atoms with E-state index in [1.165, 1.54) is 0 Å². The third kappa shape index (κ3) is 3.98. The number of hydrogen-bond donors (Lipinski definition) is 1. The quantitative estimate of drug-likeness (QED) is 0.925. The van der Waals surface area contributed by atoms with Gasteiger partial charge in [-0.05, 0) is 37.1 Å². The maximum Gasteiger partial charge on any atom is 0.257 e. The van der Waals surface area contributed by atoms with Crippen LogP contribution in [-0.4, -0.2) is 42.7 Å². The smallest absolute Gasteiger partial charge is 0.257 e. The summed E-state index contributed by atoms with van der Waals surface area (Å²) in [5, 5.41) is 3.51. The average Bonchev–Trinajstić information content (AvgIpc) is 3.19. The zero-order valence-electron chi connectivity index (χ0n) is 11.7. The standard InChI is InChI=1S/C15H18N2O3S/c18-14(17-15-16-7-9-21-15)11-3-5-12(6-4-11)20-10-13-2-1-8-19-13/h3-6,13H,1-2,7-10H2,(H,16,17,18)/t13-/m1/s1. The molecule has 0 aliphatic carbocycles. The topological polar surface area (TPSA) is 59.9 Å². The van der Waals surface area contributed by atoms with Crippen LogP contribution < -0.4 is 10.1 Å². The number of carbonyl (C=O) groups is 1. The maximum absolute atomic E-state index is 12.0. The summed E-state index contributed by atoms with van der Waals surface area (Å²) in [5.74, 6) is 1.56. The minimum Gasteiger partial charge on any atom is -0.491 e. The van der Waals surface area contributed by atoms with Crippen LogP contribution >= 0.6 is 11.8 Å². The summed E-state index contributed by atoms with van der Waals surface area (Å²) in [6, 6.07) is 7.15. The first-order chi connectivity index (χ1) is 10.3. The molecule has 1 saturated heterocycles. The van der Waals surface area contributed by atoms with E-state index >= 15 is 0 Å². The number of hydrogen-bond acceptors (Lipinski definition) is 5. The van der Waals surface area contributed by atoms with Crippen molar-refractivity contribution in [2.45, 2.75) is 18.9 Å². The lowest BCUT2D eigenvalue weighted by Gasteiger charge is -2.11. The van der Waals surface area contributed by atoms with Gasteiger partial charge < -0.3 is 14.8 Å². The molecule has 0 saturated carbocycles. The van der Waals surface area contributed by atoms with Gasteiger partial charge in [0.05, 0.1) is 12.6 Å². The van der Waals surface area contributed by atoms with Crippen molar-refractivity contribution in [1.29, 1.82) is 0 Å². The highest BCUT2D eigenvalue weighted by Crippen LogP contribution is 2.17. The lowest BCUT2D eigenvalue weighted by atomic mass is 10.2. The van der Waals surface area contributed by atoms with E-state index in [2.05, 4.69) is 10.3 Å². The van der Waals surface area contributed by atoms with Gasteiger partial charge >= 0.3 is 0 Å². The normalized spacial score (nSPS) is 21.1. The Morgan fingerprint density at radius 3 is 2.95 bits per heavy atom. The first-order valence-corrected chi connectivity index (χ1v) is 8.13. The molecule has 1 aromatic rings. The molecule has 0 radical (unpaired) electrons. The van der Waals surface area contributed by atoms with Crippen molar-refractivity contribution in [1.82, 2.24) is 5.32 Å². The SMILES string of the molecule is O=C(NC1=NCCS1)c1ccc(OC[C@H]2CCCO2)cc1. The predicted molar refractivity (Wildman–Crippen MR) is 83.1 cm³/mol. The highest BCUT2D eigenvalue weighted by atomic mass is 32.2. The van der Waals surface area contributed by atoms with E-state index in [9.17, 15) is 4.79 Å². The summed E-state index contributed by atoms with van der Waals surface area (Å²) in [7, 11) is 0. The number of carbonyl (C=O) groups excluding carboxylic acids is 1. The molecule has 6 heteroatoms. The van der Waals surface area contributed by atoms with Crippen molar-refractivity contribution in [3.63, 3.8) is 0 Å². The summed E-state index contributed by atoms with van der Waals surface area (Å²) >= 11 is 1.57. The van der Waals surface area contributed by atoms with E-state index in [1.54, 1.807) is 23.9 Å². The summed E-state index contributed by atoms with van der Waals surface area (Å²) in [4.78, 5) is 16.2. The average molecular weight is 306 g/mol. The van der Waals surface area contributed by atoms with E-state index in [0.717, 1.165) is 37.5 Å². The number of thioether (sulfide) groups is 1. The van der Waals surface area contributed by atoms with Gasteiger partial charge in [0, 0.05) is 17.9 Å². The van der Waals surface area contributed by atoms with Gasteiger partial charge in [0.1, 0.15) is 12.4 Å². The third-order valence-electron chi connectivity index (χ3n) is 3.38. The minimum atomic E-state index is -0.131. The van der Waals surface area contributed by atoms with Crippen molar-refractivity contribution in [3.05, 3.63) is 29.8 Å². The molecule has 2 aliphatic heterocycles. The molecule has 5 nitrogen and oxygen atoms in total. The largest absolute Gasteiger partial charge is 0.491 e. The molecule has 1 atom stereocenters. The van der Waals surface area contributed by atoms with Gasteiger partial charge in [-0.3, -0.25) is 9.79 Å². The molecule has 1 fully saturated rings. The fraction of sp³-hybridized carbons (Fsp3) is 0.467. The number of nitrogens with one attached hydrogen (secondary N) is 1. The van der Waals surface area contributed by atoms with Crippen molar-refractivity contribution < 1.29 is 14.3 Å². The second-order valence-corrected chi connectivity index (χ2v) is 6.04. The van der Waals surface area contributed by atoms with Crippen molar-refractivity contribution >= 4 is 22.8 Å². The van der Waals surface area contributed by atoms with Crippen LogP contribution in [0.4, 0.5) is 0 Å². The molecular formula is C15H18N2O3S. The molecular weight excluding hydrogens is 288 g/mol. The van der Waals surface area contributed by atoms with Gasteiger partial charge in [-0.2, -0.15) is 0 Å². The van der Waals surface area contributed by atoms with Gasteiger partial charge in [0.15, 0.2) is 5.17 Å².